The molecular weight excluding hydrogens is 203 g/mol. The van der Waals surface area contributed by atoms with Crippen LogP contribution in [0.4, 0.5) is 13.2 Å². The van der Waals surface area contributed by atoms with Crippen LogP contribution in [0.1, 0.15) is 17.5 Å². The van der Waals surface area contributed by atoms with Crippen LogP contribution in [0.5, 0.6) is 0 Å². The Balaban J connectivity index is 2.66. The van der Waals surface area contributed by atoms with Crippen molar-refractivity contribution in [1.82, 2.24) is 5.32 Å². The monoisotopic (exact) mass is 216 g/mol. The van der Waals surface area contributed by atoms with Crippen LogP contribution in [0.15, 0.2) is 24.3 Å². The molecule has 0 aliphatic heterocycles. The highest BCUT2D eigenvalue weighted by Gasteiger charge is 2.30. The van der Waals surface area contributed by atoms with Crippen molar-refractivity contribution < 1.29 is 13.2 Å². The molecule has 1 nitrogen and oxygen atoms in total. The molecule has 0 bridgehead atoms. The van der Waals surface area contributed by atoms with Crippen molar-refractivity contribution in [3.05, 3.63) is 41.8 Å². The van der Waals surface area contributed by atoms with Gasteiger partial charge in [0.05, 0.1) is 5.56 Å². The summed E-state index contributed by atoms with van der Waals surface area (Å²) in [6, 6.07) is 5.34. The standard InChI is InChI=1S/C11H13F3N/c1-15-7-3-5-9-4-2-6-10(8-9)11(12,13)14/h2,4-6,8,15H,3,7H2,1H3. The topological polar surface area (TPSA) is 12.0 Å². The third-order valence-electron chi connectivity index (χ3n) is 1.99. The maximum absolute atomic E-state index is 12.3. The quantitative estimate of drug-likeness (QED) is 0.763. The predicted octanol–water partition coefficient (Wildman–Crippen LogP) is 2.87. The van der Waals surface area contributed by atoms with Gasteiger partial charge in [0.2, 0.25) is 0 Å². The van der Waals surface area contributed by atoms with Gasteiger partial charge < -0.3 is 5.32 Å². The molecule has 1 aromatic carbocycles. The highest BCUT2D eigenvalue weighted by Crippen LogP contribution is 2.29. The van der Waals surface area contributed by atoms with Crippen molar-refractivity contribution >= 4 is 0 Å². The van der Waals surface area contributed by atoms with E-state index in [2.05, 4.69) is 5.32 Å². The second-order valence-corrected chi connectivity index (χ2v) is 3.22. The fourth-order valence-corrected chi connectivity index (χ4v) is 1.23. The molecule has 1 N–H and O–H groups in total. The summed E-state index contributed by atoms with van der Waals surface area (Å²) in [7, 11) is 1.81. The van der Waals surface area contributed by atoms with Crippen LogP contribution in [-0.4, -0.2) is 13.6 Å². The molecule has 4 heteroatoms. The lowest BCUT2D eigenvalue weighted by molar-refractivity contribution is -0.137. The van der Waals surface area contributed by atoms with E-state index in [1.165, 1.54) is 6.07 Å². The first-order chi connectivity index (χ1) is 7.04. The zero-order valence-corrected chi connectivity index (χ0v) is 8.43. The van der Waals surface area contributed by atoms with E-state index in [9.17, 15) is 13.2 Å². The maximum Gasteiger partial charge on any atom is 0.416 e. The normalized spacial score (nSPS) is 11.7. The van der Waals surface area contributed by atoms with Gasteiger partial charge in [-0.3, -0.25) is 0 Å². The van der Waals surface area contributed by atoms with E-state index in [1.807, 2.05) is 0 Å². The summed E-state index contributed by atoms with van der Waals surface area (Å²) in [6.45, 7) is 0.760. The van der Waals surface area contributed by atoms with Gasteiger partial charge in [0.15, 0.2) is 0 Å². The minimum atomic E-state index is -4.26. The first-order valence-corrected chi connectivity index (χ1v) is 4.69. The molecule has 0 atom stereocenters. The Morgan fingerprint density at radius 2 is 2.07 bits per heavy atom. The average Bonchev–Trinajstić information content (AvgIpc) is 2.17. The molecule has 0 spiro atoms. The molecule has 0 saturated heterocycles. The van der Waals surface area contributed by atoms with Gasteiger partial charge in [-0.25, -0.2) is 0 Å². The average molecular weight is 216 g/mol. The fraction of sp³-hybridized carbons (Fsp3) is 0.364. The van der Waals surface area contributed by atoms with E-state index in [4.69, 9.17) is 0 Å². The van der Waals surface area contributed by atoms with Crippen LogP contribution in [0.3, 0.4) is 0 Å². The number of hydrogen-bond donors (Lipinski definition) is 1. The number of nitrogens with one attached hydrogen (secondary N) is 1. The highest BCUT2D eigenvalue weighted by molar-refractivity contribution is 5.30. The molecule has 0 heterocycles. The predicted molar refractivity (Wildman–Crippen MR) is 53.4 cm³/mol. The molecule has 0 unspecified atom stereocenters. The van der Waals surface area contributed by atoms with Gasteiger partial charge in [0.25, 0.3) is 0 Å². The molecule has 0 saturated carbocycles. The molecule has 0 amide bonds. The first-order valence-electron chi connectivity index (χ1n) is 4.69. The highest BCUT2D eigenvalue weighted by atomic mass is 19.4. The van der Waals surface area contributed by atoms with Crippen LogP contribution in [0.25, 0.3) is 0 Å². The molecule has 0 fully saturated rings. The lowest BCUT2D eigenvalue weighted by Gasteiger charge is -2.08. The Kier molecular flexibility index (Phi) is 4.15. The minimum Gasteiger partial charge on any atom is -0.320 e. The third-order valence-corrected chi connectivity index (χ3v) is 1.99. The Labute approximate surface area is 87.3 Å². The van der Waals surface area contributed by atoms with Gasteiger partial charge in [-0.2, -0.15) is 13.2 Å². The Hall–Kier alpha value is -1.03. The summed E-state index contributed by atoms with van der Waals surface area (Å²) in [6.07, 6.45) is -1.75. The van der Waals surface area contributed by atoms with Gasteiger partial charge in [0, 0.05) is 0 Å². The molecule has 0 aliphatic carbocycles. The van der Waals surface area contributed by atoms with Gasteiger partial charge in [-0.15, -0.1) is 0 Å². The Morgan fingerprint density at radius 3 is 2.67 bits per heavy atom. The lowest BCUT2D eigenvalue weighted by Crippen LogP contribution is -2.08. The first kappa shape index (κ1) is 12.0. The maximum atomic E-state index is 12.3. The zero-order valence-electron chi connectivity index (χ0n) is 8.43. The van der Waals surface area contributed by atoms with Crippen LogP contribution in [-0.2, 0) is 6.18 Å². The smallest absolute Gasteiger partial charge is 0.320 e. The zero-order chi connectivity index (χ0) is 11.3. The molecule has 15 heavy (non-hydrogen) atoms. The molecule has 1 rings (SSSR count). The molecule has 83 valence electrons. The van der Waals surface area contributed by atoms with Crippen molar-refractivity contribution in [3.8, 4) is 0 Å². The van der Waals surface area contributed by atoms with E-state index in [-0.39, 0.29) is 0 Å². The Morgan fingerprint density at radius 1 is 1.33 bits per heavy atom. The third kappa shape index (κ3) is 3.91. The molecule has 0 aromatic heterocycles. The van der Waals surface area contributed by atoms with Crippen molar-refractivity contribution in [2.75, 3.05) is 13.6 Å². The summed E-state index contributed by atoms with van der Waals surface area (Å²) in [4.78, 5) is 0. The minimum absolute atomic E-state index is 0.597. The van der Waals surface area contributed by atoms with Crippen LogP contribution >= 0.6 is 0 Å². The van der Waals surface area contributed by atoms with Crippen molar-refractivity contribution in [2.45, 2.75) is 12.6 Å². The van der Waals surface area contributed by atoms with Crippen molar-refractivity contribution in [2.24, 2.45) is 0 Å². The lowest BCUT2D eigenvalue weighted by atomic mass is 10.1. The van der Waals surface area contributed by atoms with Gasteiger partial charge in [0.1, 0.15) is 0 Å². The summed E-state index contributed by atoms with van der Waals surface area (Å²) >= 11 is 0. The molecule has 1 aromatic rings. The summed E-state index contributed by atoms with van der Waals surface area (Å²) in [5, 5.41) is 2.93. The SMILES string of the molecule is CNCC[CH]c1cccc(C(F)(F)F)c1. The Bertz CT molecular complexity index is 307. The van der Waals surface area contributed by atoms with E-state index < -0.39 is 11.7 Å². The second-order valence-electron chi connectivity index (χ2n) is 3.22. The largest absolute Gasteiger partial charge is 0.416 e. The van der Waals surface area contributed by atoms with Crippen LogP contribution in [0, 0.1) is 6.42 Å². The van der Waals surface area contributed by atoms with Crippen molar-refractivity contribution in [1.29, 1.82) is 0 Å². The van der Waals surface area contributed by atoms with Crippen LogP contribution in [0.2, 0.25) is 0 Å². The van der Waals surface area contributed by atoms with Crippen molar-refractivity contribution in [3.63, 3.8) is 0 Å². The fourth-order valence-electron chi connectivity index (χ4n) is 1.23. The van der Waals surface area contributed by atoms with Gasteiger partial charge in [-0.05, 0) is 38.1 Å². The summed E-state index contributed by atoms with van der Waals surface area (Å²) in [5.41, 5.74) is 0.0146. The number of rotatable bonds is 4. The second kappa shape index (κ2) is 5.16. The molecule has 1 radical (unpaired) electrons. The summed E-state index contributed by atoms with van der Waals surface area (Å²) < 4.78 is 37.0. The van der Waals surface area contributed by atoms with Crippen LogP contribution < -0.4 is 5.32 Å². The van der Waals surface area contributed by atoms with E-state index in [1.54, 1.807) is 19.5 Å². The number of halogens is 3. The number of alkyl halides is 3. The summed E-state index contributed by atoms with van der Waals surface area (Å²) in [5.74, 6) is 0. The molecular formula is C11H13F3N. The van der Waals surface area contributed by atoms with E-state index in [0.29, 0.717) is 5.56 Å². The van der Waals surface area contributed by atoms with Gasteiger partial charge in [-0.1, -0.05) is 18.2 Å². The number of benzene rings is 1. The van der Waals surface area contributed by atoms with Gasteiger partial charge >= 0.3 is 6.18 Å². The van der Waals surface area contributed by atoms with E-state index in [0.717, 1.165) is 25.1 Å². The van der Waals surface area contributed by atoms with E-state index >= 15 is 0 Å². The molecule has 0 aliphatic rings. The number of hydrogen-bond acceptors (Lipinski definition) is 1.